The second-order valence-corrected chi connectivity index (χ2v) is 7.50. The minimum absolute atomic E-state index is 0.226. The third-order valence-corrected chi connectivity index (χ3v) is 4.45. The van der Waals surface area contributed by atoms with Crippen molar-refractivity contribution in [2.24, 2.45) is 0 Å². The summed E-state index contributed by atoms with van der Waals surface area (Å²) in [5.74, 6) is 2.31. The SMILES string of the molecule is CS(=O)(=O)CCNCCSCC1CCCO1. The molecule has 1 aliphatic rings. The highest BCUT2D eigenvalue weighted by Crippen LogP contribution is 2.16. The molecule has 1 heterocycles. The van der Waals surface area contributed by atoms with Gasteiger partial charge in [0.15, 0.2) is 0 Å². The molecule has 0 radical (unpaired) electrons. The number of hydrogen-bond acceptors (Lipinski definition) is 5. The van der Waals surface area contributed by atoms with Gasteiger partial charge in [0.25, 0.3) is 0 Å². The first-order chi connectivity index (χ1) is 7.58. The predicted molar refractivity (Wildman–Crippen MR) is 68.9 cm³/mol. The van der Waals surface area contributed by atoms with Gasteiger partial charge in [-0.2, -0.15) is 11.8 Å². The van der Waals surface area contributed by atoms with E-state index in [0.29, 0.717) is 12.6 Å². The van der Waals surface area contributed by atoms with Crippen molar-refractivity contribution < 1.29 is 13.2 Å². The molecule has 1 unspecified atom stereocenters. The van der Waals surface area contributed by atoms with Crippen molar-refractivity contribution >= 4 is 21.6 Å². The van der Waals surface area contributed by atoms with Gasteiger partial charge in [-0.1, -0.05) is 0 Å². The van der Waals surface area contributed by atoms with E-state index in [1.54, 1.807) is 0 Å². The Kier molecular flexibility index (Phi) is 6.72. The van der Waals surface area contributed by atoms with E-state index in [1.165, 1.54) is 19.1 Å². The van der Waals surface area contributed by atoms with E-state index >= 15 is 0 Å². The Bertz CT molecular complexity index is 274. The standard InChI is InChI=1S/C10H21NO3S2/c1-16(12,13)8-5-11-4-7-15-9-10-3-2-6-14-10/h10-11H,2-9H2,1H3. The normalized spacial score (nSPS) is 21.4. The van der Waals surface area contributed by atoms with Crippen LogP contribution in [-0.4, -0.2) is 57.7 Å². The molecular formula is C10H21NO3S2. The van der Waals surface area contributed by atoms with Crippen LogP contribution in [0.15, 0.2) is 0 Å². The van der Waals surface area contributed by atoms with Gasteiger partial charge in [0.1, 0.15) is 9.84 Å². The zero-order valence-corrected chi connectivity index (χ0v) is 11.4. The maximum atomic E-state index is 10.8. The molecule has 1 saturated heterocycles. The van der Waals surface area contributed by atoms with Crippen molar-refractivity contribution in [1.82, 2.24) is 5.32 Å². The average molecular weight is 267 g/mol. The Morgan fingerprint density at radius 1 is 1.44 bits per heavy atom. The van der Waals surface area contributed by atoms with E-state index in [4.69, 9.17) is 4.74 Å². The maximum Gasteiger partial charge on any atom is 0.148 e. The Balaban J connectivity index is 1.84. The quantitative estimate of drug-likeness (QED) is 0.650. The Labute approximate surface area is 102 Å². The molecule has 1 rings (SSSR count). The summed E-state index contributed by atoms with van der Waals surface area (Å²) in [7, 11) is -2.82. The van der Waals surface area contributed by atoms with Gasteiger partial charge in [-0.3, -0.25) is 0 Å². The monoisotopic (exact) mass is 267 g/mol. The van der Waals surface area contributed by atoms with E-state index in [9.17, 15) is 8.42 Å². The minimum Gasteiger partial charge on any atom is -0.377 e. The third kappa shape index (κ3) is 7.49. The second-order valence-electron chi connectivity index (χ2n) is 4.09. The maximum absolute atomic E-state index is 10.8. The summed E-state index contributed by atoms with van der Waals surface area (Å²) in [5.41, 5.74) is 0. The molecular weight excluding hydrogens is 246 g/mol. The fourth-order valence-corrected chi connectivity index (χ4v) is 3.01. The molecule has 0 aromatic heterocycles. The minimum atomic E-state index is -2.82. The van der Waals surface area contributed by atoms with Crippen molar-refractivity contribution in [2.75, 3.05) is 43.2 Å². The first-order valence-electron chi connectivity index (χ1n) is 5.66. The highest BCUT2D eigenvalue weighted by atomic mass is 32.2. The summed E-state index contributed by atoms with van der Waals surface area (Å²) in [6.07, 6.45) is 4.09. The largest absolute Gasteiger partial charge is 0.377 e. The van der Waals surface area contributed by atoms with Crippen LogP contribution in [0.2, 0.25) is 0 Å². The van der Waals surface area contributed by atoms with E-state index < -0.39 is 9.84 Å². The highest BCUT2D eigenvalue weighted by Gasteiger charge is 2.14. The van der Waals surface area contributed by atoms with Crippen LogP contribution >= 0.6 is 11.8 Å². The summed E-state index contributed by atoms with van der Waals surface area (Å²) in [6, 6.07) is 0. The fourth-order valence-electron chi connectivity index (χ4n) is 1.52. The van der Waals surface area contributed by atoms with Crippen LogP contribution < -0.4 is 5.32 Å². The predicted octanol–water partition coefficient (Wildman–Crippen LogP) is 0.533. The molecule has 16 heavy (non-hydrogen) atoms. The lowest BCUT2D eigenvalue weighted by Crippen LogP contribution is -2.24. The number of sulfone groups is 1. The fraction of sp³-hybridized carbons (Fsp3) is 1.00. The Morgan fingerprint density at radius 2 is 2.25 bits per heavy atom. The number of hydrogen-bond donors (Lipinski definition) is 1. The van der Waals surface area contributed by atoms with Crippen LogP contribution in [0.25, 0.3) is 0 Å². The van der Waals surface area contributed by atoms with Crippen LogP contribution in [0.5, 0.6) is 0 Å². The summed E-state index contributed by atoms with van der Waals surface area (Å²) in [4.78, 5) is 0. The molecule has 0 amide bonds. The first kappa shape index (κ1) is 14.3. The molecule has 1 fully saturated rings. The molecule has 96 valence electrons. The van der Waals surface area contributed by atoms with Gasteiger partial charge >= 0.3 is 0 Å². The molecule has 0 spiro atoms. The lowest BCUT2D eigenvalue weighted by molar-refractivity contribution is 0.129. The molecule has 0 aromatic rings. The van der Waals surface area contributed by atoms with Gasteiger partial charge in [-0.15, -0.1) is 0 Å². The summed E-state index contributed by atoms with van der Waals surface area (Å²) >= 11 is 1.87. The first-order valence-corrected chi connectivity index (χ1v) is 8.87. The van der Waals surface area contributed by atoms with Crippen molar-refractivity contribution in [3.05, 3.63) is 0 Å². The van der Waals surface area contributed by atoms with E-state index in [0.717, 1.165) is 24.7 Å². The van der Waals surface area contributed by atoms with Gasteiger partial charge in [0.05, 0.1) is 11.9 Å². The van der Waals surface area contributed by atoms with Crippen molar-refractivity contribution in [1.29, 1.82) is 0 Å². The van der Waals surface area contributed by atoms with Crippen molar-refractivity contribution in [2.45, 2.75) is 18.9 Å². The van der Waals surface area contributed by atoms with Crippen LogP contribution in [0.3, 0.4) is 0 Å². The molecule has 1 aliphatic heterocycles. The molecule has 1 N–H and O–H groups in total. The molecule has 0 aliphatic carbocycles. The topological polar surface area (TPSA) is 55.4 Å². The van der Waals surface area contributed by atoms with E-state index in [2.05, 4.69) is 5.32 Å². The molecule has 0 saturated carbocycles. The molecule has 1 atom stereocenters. The third-order valence-electron chi connectivity index (χ3n) is 2.40. The van der Waals surface area contributed by atoms with Crippen LogP contribution in [-0.2, 0) is 14.6 Å². The van der Waals surface area contributed by atoms with Crippen molar-refractivity contribution in [3.8, 4) is 0 Å². The van der Waals surface area contributed by atoms with Gasteiger partial charge in [-0.05, 0) is 12.8 Å². The molecule has 6 heteroatoms. The van der Waals surface area contributed by atoms with Crippen LogP contribution in [0.4, 0.5) is 0 Å². The Hall–Kier alpha value is 0.220. The highest BCUT2D eigenvalue weighted by molar-refractivity contribution is 7.99. The van der Waals surface area contributed by atoms with Crippen molar-refractivity contribution in [3.63, 3.8) is 0 Å². The molecule has 0 bridgehead atoms. The van der Waals surface area contributed by atoms with E-state index in [1.807, 2.05) is 11.8 Å². The van der Waals surface area contributed by atoms with Crippen LogP contribution in [0, 0.1) is 0 Å². The number of nitrogens with one attached hydrogen (secondary N) is 1. The smallest absolute Gasteiger partial charge is 0.148 e. The summed E-state index contributed by atoms with van der Waals surface area (Å²) < 4.78 is 27.2. The lowest BCUT2D eigenvalue weighted by Gasteiger charge is -2.08. The van der Waals surface area contributed by atoms with Crippen LogP contribution in [0.1, 0.15) is 12.8 Å². The average Bonchev–Trinajstić information content (AvgIpc) is 2.67. The zero-order valence-electron chi connectivity index (χ0n) is 9.78. The molecule has 4 nitrogen and oxygen atoms in total. The lowest BCUT2D eigenvalue weighted by atomic mass is 10.3. The van der Waals surface area contributed by atoms with Gasteiger partial charge in [0.2, 0.25) is 0 Å². The number of rotatable bonds is 8. The van der Waals surface area contributed by atoms with E-state index in [-0.39, 0.29) is 5.75 Å². The number of ether oxygens (including phenoxy) is 1. The van der Waals surface area contributed by atoms with Gasteiger partial charge in [-0.25, -0.2) is 8.42 Å². The summed E-state index contributed by atoms with van der Waals surface area (Å²) in [5, 5.41) is 3.13. The molecule has 0 aromatic carbocycles. The second kappa shape index (κ2) is 7.53. The van der Waals surface area contributed by atoms with Gasteiger partial charge < -0.3 is 10.1 Å². The summed E-state index contributed by atoms with van der Waals surface area (Å²) in [6.45, 7) is 2.34. The Morgan fingerprint density at radius 3 is 2.88 bits per heavy atom. The van der Waals surface area contributed by atoms with Gasteiger partial charge in [0, 0.05) is 37.5 Å². The number of thioether (sulfide) groups is 1. The zero-order chi connectivity index (χ0) is 11.9.